The Morgan fingerprint density at radius 3 is 2.55 bits per heavy atom. The normalized spacial score (nSPS) is 12.9. The first kappa shape index (κ1) is 20.3. The first-order valence-electron chi connectivity index (χ1n) is 9.60. The van der Waals surface area contributed by atoms with Crippen molar-refractivity contribution in [2.24, 2.45) is 0 Å². The van der Waals surface area contributed by atoms with Gasteiger partial charge in [0.25, 0.3) is 17.5 Å². The summed E-state index contributed by atoms with van der Waals surface area (Å²) >= 11 is 0. The molecule has 0 spiro atoms. The van der Waals surface area contributed by atoms with Crippen LogP contribution in [0.5, 0.6) is 5.75 Å². The number of methoxy groups -OCH3 is 1. The number of para-hydroxylation sites is 2. The van der Waals surface area contributed by atoms with Crippen LogP contribution in [0.3, 0.4) is 0 Å². The zero-order valence-electron chi connectivity index (χ0n) is 16.6. The van der Waals surface area contributed by atoms with E-state index in [2.05, 4.69) is 5.32 Å². The van der Waals surface area contributed by atoms with E-state index in [9.17, 15) is 19.7 Å². The number of rotatable bonds is 7. The molecule has 31 heavy (non-hydrogen) atoms. The minimum atomic E-state index is -0.664. The number of anilines is 2. The van der Waals surface area contributed by atoms with Crippen molar-refractivity contribution in [3.8, 4) is 5.75 Å². The molecule has 0 aromatic heterocycles. The summed E-state index contributed by atoms with van der Waals surface area (Å²) in [7, 11) is 1.43. The van der Waals surface area contributed by atoms with Gasteiger partial charge in [0, 0.05) is 35.6 Å². The molecule has 2 N–H and O–H groups in total. The van der Waals surface area contributed by atoms with Gasteiger partial charge in [0.2, 0.25) is 0 Å². The molecule has 0 saturated heterocycles. The highest BCUT2D eigenvalue weighted by Gasteiger charge is 2.38. The number of carbonyl (C=O) groups is 2. The number of hydrogen-bond acceptors (Lipinski definition) is 7. The maximum Gasteiger partial charge on any atom is 0.293 e. The fraction of sp³-hybridized carbons (Fsp3) is 0.182. The highest BCUT2D eigenvalue weighted by Crippen LogP contribution is 2.42. The predicted octanol–water partition coefficient (Wildman–Crippen LogP) is 3.35. The van der Waals surface area contributed by atoms with Crippen LogP contribution in [0, 0.1) is 10.1 Å². The number of aliphatic hydroxyl groups excluding tert-OH is 1. The van der Waals surface area contributed by atoms with Crippen molar-refractivity contribution in [2.75, 3.05) is 30.5 Å². The molecule has 0 unspecified atom stereocenters. The van der Waals surface area contributed by atoms with E-state index in [-0.39, 0.29) is 34.8 Å². The number of nitro benzene ring substituents is 1. The molecule has 1 heterocycles. The lowest BCUT2D eigenvalue weighted by Gasteiger charge is -2.28. The second kappa shape index (κ2) is 8.04. The summed E-state index contributed by atoms with van der Waals surface area (Å²) in [5.41, 5.74) is 0.523. The monoisotopic (exact) mass is 421 g/mol. The molecular weight excluding hydrogens is 402 g/mol. The fourth-order valence-electron chi connectivity index (χ4n) is 3.81. The van der Waals surface area contributed by atoms with Crippen molar-refractivity contribution in [3.63, 3.8) is 0 Å². The number of hydrogen-bond donors (Lipinski definition) is 2. The van der Waals surface area contributed by atoms with Gasteiger partial charge in [-0.15, -0.1) is 0 Å². The van der Waals surface area contributed by atoms with Gasteiger partial charge in [-0.25, -0.2) is 4.90 Å². The van der Waals surface area contributed by atoms with Crippen molar-refractivity contribution in [3.05, 3.63) is 69.8 Å². The Morgan fingerprint density at radius 2 is 1.84 bits per heavy atom. The summed E-state index contributed by atoms with van der Waals surface area (Å²) in [6.07, 6.45) is 0.388. The zero-order chi connectivity index (χ0) is 22.1. The number of nitrogens with zero attached hydrogens (tertiary/aromatic N) is 2. The van der Waals surface area contributed by atoms with Gasteiger partial charge in [-0.2, -0.15) is 0 Å². The molecule has 158 valence electrons. The first-order valence-corrected chi connectivity index (χ1v) is 9.60. The van der Waals surface area contributed by atoms with Crippen molar-refractivity contribution in [2.45, 2.75) is 6.42 Å². The quantitative estimate of drug-likeness (QED) is 0.260. The highest BCUT2D eigenvalue weighted by atomic mass is 16.6. The second-order valence-electron chi connectivity index (χ2n) is 6.92. The first-order chi connectivity index (χ1) is 15.0. The largest absolute Gasteiger partial charge is 0.495 e. The Balaban J connectivity index is 1.97. The van der Waals surface area contributed by atoms with Gasteiger partial charge in [-0.1, -0.05) is 24.3 Å². The lowest BCUT2D eigenvalue weighted by Crippen LogP contribution is -2.40. The van der Waals surface area contributed by atoms with E-state index >= 15 is 0 Å². The molecule has 0 fully saturated rings. The predicted molar refractivity (Wildman–Crippen MR) is 115 cm³/mol. The van der Waals surface area contributed by atoms with Gasteiger partial charge in [0.1, 0.15) is 11.4 Å². The van der Waals surface area contributed by atoms with E-state index in [0.717, 1.165) is 4.90 Å². The lowest BCUT2D eigenvalue weighted by molar-refractivity contribution is -0.383. The van der Waals surface area contributed by atoms with E-state index < -0.39 is 16.7 Å². The smallest absolute Gasteiger partial charge is 0.293 e. The molecule has 0 radical (unpaired) electrons. The molecular formula is C22H19N3O6. The van der Waals surface area contributed by atoms with Crippen LogP contribution < -0.4 is 15.0 Å². The maximum absolute atomic E-state index is 13.4. The number of amides is 2. The average molecular weight is 421 g/mol. The van der Waals surface area contributed by atoms with Crippen LogP contribution in [0.2, 0.25) is 0 Å². The van der Waals surface area contributed by atoms with Crippen LogP contribution in [0.15, 0.2) is 48.5 Å². The molecule has 4 rings (SSSR count). The van der Waals surface area contributed by atoms with Crippen LogP contribution >= 0.6 is 0 Å². The van der Waals surface area contributed by atoms with Gasteiger partial charge >= 0.3 is 0 Å². The number of nitro groups is 1. The summed E-state index contributed by atoms with van der Waals surface area (Å²) in [5.74, 6) is -0.873. The summed E-state index contributed by atoms with van der Waals surface area (Å²) < 4.78 is 5.31. The third-order valence-electron chi connectivity index (χ3n) is 5.17. The van der Waals surface area contributed by atoms with Crippen molar-refractivity contribution < 1.29 is 24.4 Å². The molecule has 0 aliphatic carbocycles. The van der Waals surface area contributed by atoms with E-state index in [1.54, 1.807) is 42.5 Å². The van der Waals surface area contributed by atoms with Crippen LogP contribution in [0.4, 0.5) is 17.1 Å². The fourth-order valence-corrected chi connectivity index (χ4v) is 3.81. The molecule has 0 bridgehead atoms. The van der Waals surface area contributed by atoms with Gasteiger partial charge in [-0.3, -0.25) is 19.7 Å². The number of nitrogens with one attached hydrogen (secondary N) is 1. The molecule has 0 atom stereocenters. The Labute approximate surface area is 177 Å². The van der Waals surface area contributed by atoms with Crippen molar-refractivity contribution in [1.29, 1.82) is 0 Å². The van der Waals surface area contributed by atoms with E-state index in [0.29, 0.717) is 29.5 Å². The average Bonchev–Trinajstić information content (AvgIpc) is 2.78. The molecule has 3 aromatic rings. The minimum absolute atomic E-state index is 0.0653. The number of carbonyl (C=O) groups excluding carboxylic acids is 2. The lowest BCUT2D eigenvalue weighted by atomic mass is 9.91. The van der Waals surface area contributed by atoms with Gasteiger partial charge in [0.05, 0.1) is 23.3 Å². The van der Waals surface area contributed by atoms with Gasteiger partial charge < -0.3 is 15.2 Å². The van der Waals surface area contributed by atoms with Crippen molar-refractivity contribution in [1.82, 2.24) is 0 Å². The molecule has 2 amide bonds. The molecule has 3 aromatic carbocycles. The van der Waals surface area contributed by atoms with E-state index in [1.165, 1.54) is 13.2 Å². The van der Waals surface area contributed by atoms with Crippen LogP contribution in [-0.2, 0) is 0 Å². The second-order valence-corrected chi connectivity index (χ2v) is 6.92. The number of aliphatic hydroxyl groups is 1. The number of imide groups is 1. The SMILES string of the molecule is COc1ccccc1N1C(=O)c2cccc3c(NCCCO)c([N+](=O)[O-])cc(c23)C1=O. The molecule has 1 aliphatic heterocycles. The standard InChI is InChI=1S/C22H19N3O6/c1-31-18-9-3-2-8-16(18)24-21(27)14-7-4-6-13-19(14)15(22(24)28)12-17(25(29)30)20(13)23-10-5-11-26/h2-4,6-9,12,23,26H,5,10-11H2,1H3. The van der Waals surface area contributed by atoms with Crippen LogP contribution in [0.1, 0.15) is 27.1 Å². The van der Waals surface area contributed by atoms with E-state index in [1.807, 2.05) is 0 Å². The Kier molecular flexibility index (Phi) is 5.26. The molecule has 9 nitrogen and oxygen atoms in total. The van der Waals surface area contributed by atoms with Gasteiger partial charge in [-0.05, 0) is 24.6 Å². The Morgan fingerprint density at radius 1 is 1.10 bits per heavy atom. The summed E-state index contributed by atoms with van der Waals surface area (Å²) in [6.45, 7) is 0.220. The molecule has 9 heteroatoms. The molecule has 0 saturated carbocycles. The van der Waals surface area contributed by atoms with E-state index in [4.69, 9.17) is 9.84 Å². The van der Waals surface area contributed by atoms with Crippen molar-refractivity contribution >= 4 is 39.6 Å². The highest BCUT2D eigenvalue weighted by molar-refractivity contribution is 6.37. The van der Waals surface area contributed by atoms with Crippen LogP contribution in [0.25, 0.3) is 10.8 Å². The van der Waals surface area contributed by atoms with Crippen LogP contribution in [-0.4, -0.2) is 42.1 Å². The minimum Gasteiger partial charge on any atom is -0.495 e. The molecule has 1 aliphatic rings. The number of ether oxygens (including phenoxy) is 1. The third kappa shape index (κ3) is 3.24. The zero-order valence-corrected chi connectivity index (χ0v) is 16.6. The number of benzene rings is 3. The summed E-state index contributed by atoms with van der Waals surface area (Å²) in [5, 5.41) is 24.6. The third-order valence-corrected chi connectivity index (χ3v) is 5.17. The summed E-state index contributed by atoms with van der Waals surface area (Å²) in [6, 6.07) is 12.6. The maximum atomic E-state index is 13.4. The Hall–Kier alpha value is -3.98. The Bertz CT molecular complexity index is 1220. The summed E-state index contributed by atoms with van der Waals surface area (Å²) in [4.78, 5) is 38.9. The topological polar surface area (TPSA) is 122 Å². The van der Waals surface area contributed by atoms with Gasteiger partial charge in [0.15, 0.2) is 0 Å².